The van der Waals surface area contributed by atoms with E-state index < -0.39 is 71.4 Å². The molecule has 0 radical (unpaired) electrons. The highest BCUT2D eigenvalue weighted by Crippen LogP contribution is 2.44. The van der Waals surface area contributed by atoms with Crippen LogP contribution in [0.15, 0.2) is 91.0 Å². The normalized spacial score (nSPS) is 19.3. The van der Waals surface area contributed by atoms with Gasteiger partial charge in [0.2, 0.25) is 12.2 Å². The van der Waals surface area contributed by atoms with Crippen molar-refractivity contribution in [2.45, 2.75) is 92.0 Å². The summed E-state index contributed by atoms with van der Waals surface area (Å²) >= 11 is 0. The summed E-state index contributed by atoms with van der Waals surface area (Å²) in [6.07, 6.45) is -4.88. The fraction of sp³-hybridized carbons (Fsp3) is 0.400. The Morgan fingerprint density at radius 1 is 0.779 bits per heavy atom. The first kappa shape index (κ1) is 50.1. The van der Waals surface area contributed by atoms with E-state index in [0.29, 0.717) is 5.56 Å². The molecular formula is C50H55N3O15. The number of esters is 2. The van der Waals surface area contributed by atoms with Gasteiger partial charge in [0.15, 0.2) is 5.78 Å². The predicted octanol–water partition coefficient (Wildman–Crippen LogP) is 8.28. The number of anilines is 1. The van der Waals surface area contributed by atoms with Crippen molar-refractivity contribution in [2.24, 2.45) is 23.7 Å². The van der Waals surface area contributed by atoms with Crippen LogP contribution in [0.5, 0.6) is 11.5 Å². The highest BCUT2D eigenvalue weighted by Gasteiger charge is 2.45. The molecule has 0 saturated carbocycles. The van der Waals surface area contributed by atoms with Crippen molar-refractivity contribution in [3.63, 3.8) is 0 Å². The van der Waals surface area contributed by atoms with Crippen molar-refractivity contribution in [3.05, 3.63) is 118 Å². The topological polar surface area (TPSA) is 234 Å². The number of carbonyl (C=O) groups excluding carboxylic acids is 6. The summed E-state index contributed by atoms with van der Waals surface area (Å²) in [5, 5.41) is 16.6. The number of Topliss-reactive ketones (excluding diaryl/α,β-unsaturated/α-hetero) is 1. The molecule has 7 atom stereocenters. The number of carbonyl (C=O) groups is 6. The van der Waals surface area contributed by atoms with Gasteiger partial charge in [-0.1, -0.05) is 89.2 Å². The lowest BCUT2D eigenvalue weighted by Crippen LogP contribution is -2.54. The van der Waals surface area contributed by atoms with Crippen molar-refractivity contribution >= 4 is 47.3 Å². The second-order valence-electron chi connectivity index (χ2n) is 17.2. The molecule has 2 N–H and O–H groups in total. The lowest BCUT2D eigenvalue weighted by molar-refractivity contribution is -0.384. The molecular weight excluding hydrogens is 883 g/mol. The molecule has 1 aliphatic carbocycles. The van der Waals surface area contributed by atoms with E-state index in [-0.39, 0.29) is 72.7 Å². The van der Waals surface area contributed by atoms with Crippen molar-refractivity contribution in [3.8, 4) is 22.6 Å². The van der Waals surface area contributed by atoms with Gasteiger partial charge in [0.1, 0.15) is 43.5 Å². The number of nitrogens with one attached hydrogen (secondary N) is 2. The summed E-state index contributed by atoms with van der Waals surface area (Å²) in [5.74, 6) is -4.25. The molecule has 0 spiro atoms. The third kappa shape index (κ3) is 12.5. The lowest BCUT2D eigenvalue weighted by Gasteiger charge is -2.43. The predicted molar refractivity (Wildman–Crippen MR) is 244 cm³/mol. The number of nitro groups is 1. The lowest BCUT2D eigenvalue weighted by atomic mass is 9.84. The Hall–Kier alpha value is -7.34. The zero-order valence-corrected chi connectivity index (χ0v) is 38.8. The van der Waals surface area contributed by atoms with Gasteiger partial charge in [-0.25, -0.2) is 9.59 Å². The number of benzene rings is 4. The minimum Gasteiger partial charge on any atom is -0.463 e. The van der Waals surface area contributed by atoms with Crippen LogP contribution in [0.2, 0.25) is 0 Å². The van der Waals surface area contributed by atoms with Crippen molar-refractivity contribution < 1.29 is 66.8 Å². The molecule has 360 valence electrons. The average Bonchev–Trinajstić information content (AvgIpc) is 3.62. The van der Waals surface area contributed by atoms with Crippen LogP contribution in [0.4, 0.5) is 21.0 Å². The summed E-state index contributed by atoms with van der Waals surface area (Å²) in [7, 11) is 0. The maximum Gasteiger partial charge on any atom is 0.514 e. The standard InChI is InChI=1S/C50H55N3O15/c1-27(2)45(52-49(58)63-25-40-38-14-10-8-12-36(38)37-13-9-11-15-39(37)40)42(56)22-28(3)47(57)51-41-21-16-33(24-64-50(59)66-35-19-17-34(18-20-35)53(60)61)23-43(41)67-48-30(5)29(4)46(65-32(7)55)44(68-48)26-62-31(6)54/h8-21,23,27-30,40,44-46,48H,22,24-26H2,1-7H3,(H,51,57)(H,52,58)/t28-,29-,30-,44-,45+,46-,48-/m1/s1. The minimum absolute atomic E-state index is 0.0101. The van der Waals surface area contributed by atoms with Crippen LogP contribution >= 0.6 is 0 Å². The van der Waals surface area contributed by atoms with E-state index >= 15 is 0 Å². The number of nitro benzene ring substituents is 1. The number of fused-ring (bicyclic) bond motifs is 3. The first-order valence-electron chi connectivity index (χ1n) is 22.2. The highest BCUT2D eigenvalue weighted by molar-refractivity contribution is 5.98. The van der Waals surface area contributed by atoms with Crippen LogP contribution in [-0.4, -0.2) is 78.6 Å². The Balaban J connectivity index is 1.14. The van der Waals surface area contributed by atoms with Crippen molar-refractivity contribution in [1.82, 2.24) is 5.32 Å². The highest BCUT2D eigenvalue weighted by atomic mass is 16.7. The molecule has 0 aromatic heterocycles. The smallest absolute Gasteiger partial charge is 0.463 e. The Morgan fingerprint density at radius 2 is 1.43 bits per heavy atom. The van der Waals surface area contributed by atoms with Gasteiger partial charge >= 0.3 is 24.2 Å². The molecule has 0 unspecified atom stereocenters. The van der Waals surface area contributed by atoms with Crippen LogP contribution in [0.25, 0.3) is 11.1 Å². The number of hydrogen-bond acceptors (Lipinski definition) is 15. The van der Waals surface area contributed by atoms with Gasteiger partial charge < -0.3 is 43.8 Å². The Bertz CT molecular complexity index is 2460. The van der Waals surface area contributed by atoms with E-state index in [0.717, 1.165) is 22.3 Å². The minimum atomic E-state index is -1.10. The Labute approximate surface area is 393 Å². The monoisotopic (exact) mass is 937 g/mol. The Morgan fingerprint density at radius 3 is 2.03 bits per heavy atom. The van der Waals surface area contributed by atoms with Crippen LogP contribution in [0.1, 0.15) is 77.5 Å². The number of hydrogen-bond donors (Lipinski definition) is 2. The quantitative estimate of drug-likeness (QED) is 0.0314. The maximum absolute atomic E-state index is 13.9. The summed E-state index contributed by atoms with van der Waals surface area (Å²) in [6, 6.07) is 24.3. The van der Waals surface area contributed by atoms with Crippen molar-refractivity contribution in [1.29, 1.82) is 0 Å². The van der Waals surface area contributed by atoms with Crippen LogP contribution in [0.3, 0.4) is 0 Å². The molecule has 1 heterocycles. The second kappa shape index (κ2) is 22.4. The molecule has 2 amide bonds. The number of rotatable bonds is 18. The number of nitrogens with zero attached hydrogens (tertiary/aromatic N) is 1. The van der Waals surface area contributed by atoms with Gasteiger partial charge in [-0.15, -0.1) is 0 Å². The third-order valence-electron chi connectivity index (χ3n) is 11.9. The molecule has 4 aromatic rings. The van der Waals surface area contributed by atoms with Crippen LogP contribution in [0, 0.1) is 33.8 Å². The number of ketones is 1. The van der Waals surface area contributed by atoms with Gasteiger partial charge in [-0.05, 0) is 58.0 Å². The second-order valence-corrected chi connectivity index (χ2v) is 17.2. The van der Waals surface area contributed by atoms with E-state index in [2.05, 4.69) is 10.6 Å². The van der Waals surface area contributed by atoms with E-state index in [1.807, 2.05) is 62.4 Å². The largest absolute Gasteiger partial charge is 0.514 e. The van der Waals surface area contributed by atoms with Gasteiger partial charge in [0.05, 0.1) is 16.7 Å². The zero-order valence-electron chi connectivity index (χ0n) is 38.8. The molecule has 0 bridgehead atoms. The maximum atomic E-state index is 13.9. The van der Waals surface area contributed by atoms with E-state index in [1.54, 1.807) is 26.8 Å². The van der Waals surface area contributed by atoms with E-state index in [4.69, 9.17) is 33.2 Å². The molecule has 1 aliphatic heterocycles. The summed E-state index contributed by atoms with van der Waals surface area (Å²) in [4.78, 5) is 87.8. The number of ether oxygens (including phenoxy) is 7. The average molecular weight is 938 g/mol. The van der Waals surface area contributed by atoms with Gasteiger partial charge in [0.25, 0.3) is 5.69 Å². The van der Waals surface area contributed by atoms with Crippen LogP contribution in [-0.2, 0) is 49.5 Å². The van der Waals surface area contributed by atoms with E-state index in [1.165, 1.54) is 50.2 Å². The molecule has 18 nitrogen and oxygen atoms in total. The molecule has 1 fully saturated rings. The summed E-state index contributed by atoms with van der Waals surface area (Å²) < 4.78 is 39.7. The van der Waals surface area contributed by atoms with Crippen LogP contribution < -0.4 is 20.1 Å². The van der Waals surface area contributed by atoms with Gasteiger partial charge in [0, 0.05) is 56.1 Å². The van der Waals surface area contributed by atoms with Crippen molar-refractivity contribution in [2.75, 3.05) is 18.5 Å². The number of amides is 2. The molecule has 1 saturated heterocycles. The Kier molecular flexibility index (Phi) is 16.5. The molecule has 18 heteroatoms. The van der Waals surface area contributed by atoms with Gasteiger partial charge in [-0.3, -0.25) is 29.3 Å². The molecule has 4 aromatic carbocycles. The zero-order chi connectivity index (χ0) is 49.2. The molecule has 2 aliphatic rings. The molecule has 6 rings (SSSR count). The fourth-order valence-electron chi connectivity index (χ4n) is 8.15. The third-order valence-corrected chi connectivity index (χ3v) is 11.9. The molecule has 68 heavy (non-hydrogen) atoms. The summed E-state index contributed by atoms with van der Waals surface area (Å²) in [6.45, 7) is 10.7. The van der Waals surface area contributed by atoms with E-state index in [9.17, 15) is 38.9 Å². The first-order chi connectivity index (χ1) is 32.4. The fourth-order valence-corrected chi connectivity index (χ4v) is 8.15. The van der Waals surface area contributed by atoms with Gasteiger partial charge in [-0.2, -0.15) is 0 Å². The first-order valence-corrected chi connectivity index (χ1v) is 22.2. The summed E-state index contributed by atoms with van der Waals surface area (Å²) in [5.41, 5.74) is 4.59. The number of non-ortho nitro benzene ring substituents is 1. The number of alkyl carbamates (subject to hydrolysis) is 1. The SMILES string of the molecule is CC(=O)OC[C@H]1O[C@@H](Oc2cc(COC(=O)Oc3ccc([N+](=O)[O-])cc3)ccc2NC(=O)[C@H](C)CC(=O)[C@@H](NC(=O)OCC2c3ccccc3-c3ccccc32)C(C)C)[C@H](C)[C@@H](C)[C@H]1OC(C)=O.